The van der Waals surface area contributed by atoms with Crippen molar-refractivity contribution in [1.82, 2.24) is 20.9 Å². The van der Waals surface area contributed by atoms with E-state index in [-0.39, 0.29) is 35.6 Å². The summed E-state index contributed by atoms with van der Waals surface area (Å²) in [6, 6.07) is 8.29. The molecule has 2 saturated heterocycles. The van der Waals surface area contributed by atoms with Gasteiger partial charge in [0.2, 0.25) is 23.6 Å². The molecule has 4 atom stereocenters. The lowest BCUT2D eigenvalue weighted by molar-refractivity contribution is -0.141. The highest BCUT2D eigenvalue weighted by atomic mass is 16.5. The first-order valence-electron chi connectivity index (χ1n) is 15.5. The predicted molar refractivity (Wildman–Crippen MR) is 160 cm³/mol. The number of hydrogen-bond donors (Lipinski definition) is 4. The van der Waals surface area contributed by atoms with E-state index in [4.69, 9.17) is 10.5 Å². The molecule has 230 valence electrons. The summed E-state index contributed by atoms with van der Waals surface area (Å²) in [6.07, 6.45) is 9.72. The molecule has 0 saturated carbocycles. The Balaban J connectivity index is 1.55. The summed E-state index contributed by atoms with van der Waals surface area (Å²) in [5, 5.41) is 9.20. The molecule has 1 aromatic carbocycles. The molecule has 4 rings (SSSR count). The smallest absolute Gasteiger partial charge is 0.245 e. The summed E-state index contributed by atoms with van der Waals surface area (Å²) in [5.74, 6) is -0.611. The number of hydrogen-bond acceptors (Lipinski definition) is 6. The molecule has 1 aromatic rings. The van der Waals surface area contributed by atoms with Crippen LogP contribution in [0.25, 0.3) is 0 Å². The van der Waals surface area contributed by atoms with Crippen LogP contribution in [0.5, 0.6) is 0 Å². The number of nitrogens with one attached hydrogen (secondary N) is 3. The summed E-state index contributed by atoms with van der Waals surface area (Å²) in [6.45, 7) is 3.96. The van der Waals surface area contributed by atoms with Crippen LogP contribution >= 0.6 is 0 Å². The minimum absolute atomic E-state index is 0.00284. The van der Waals surface area contributed by atoms with E-state index in [0.717, 1.165) is 18.4 Å². The first-order chi connectivity index (χ1) is 20.3. The zero-order valence-corrected chi connectivity index (χ0v) is 24.8. The number of benzene rings is 1. The number of carbonyl (C=O) groups excluding carboxylic acids is 4. The average Bonchev–Trinajstić information content (AvgIpc) is 2.99. The first kappa shape index (κ1) is 31.7. The lowest BCUT2D eigenvalue weighted by Crippen LogP contribution is -2.59. The Hall–Kier alpha value is -3.24. The van der Waals surface area contributed by atoms with Gasteiger partial charge in [0.1, 0.15) is 12.1 Å². The average molecular weight is 582 g/mol. The maximum absolute atomic E-state index is 13.8. The maximum atomic E-state index is 13.8. The van der Waals surface area contributed by atoms with Gasteiger partial charge in [0.15, 0.2) is 0 Å². The third-order valence-corrected chi connectivity index (χ3v) is 8.95. The summed E-state index contributed by atoms with van der Waals surface area (Å²) in [4.78, 5) is 54.8. The molecule has 3 aliphatic rings. The molecule has 10 nitrogen and oxygen atoms in total. The van der Waals surface area contributed by atoms with Crippen LogP contribution < -0.4 is 21.7 Å². The van der Waals surface area contributed by atoms with E-state index in [1.807, 2.05) is 35.2 Å². The van der Waals surface area contributed by atoms with E-state index in [1.54, 1.807) is 0 Å². The fourth-order valence-corrected chi connectivity index (χ4v) is 6.40. The second kappa shape index (κ2) is 15.3. The normalized spacial score (nSPS) is 26.0. The quantitative estimate of drug-likeness (QED) is 0.273. The molecule has 10 heteroatoms. The Labute approximate surface area is 249 Å². The van der Waals surface area contributed by atoms with Crippen molar-refractivity contribution in [3.05, 3.63) is 48.0 Å². The Morgan fingerprint density at radius 2 is 1.88 bits per heavy atom. The van der Waals surface area contributed by atoms with Crippen LogP contribution in [-0.4, -0.2) is 79.5 Å². The first-order valence-corrected chi connectivity index (χ1v) is 15.5. The highest BCUT2D eigenvalue weighted by Gasteiger charge is 2.42. The van der Waals surface area contributed by atoms with E-state index < -0.39 is 17.5 Å². The van der Waals surface area contributed by atoms with Gasteiger partial charge < -0.3 is 31.3 Å². The number of piperidine rings is 1. The van der Waals surface area contributed by atoms with Crippen LogP contribution in [0.3, 0.4) is 0 Å². The molecule has 42 heavy (non-hydrogen) atoms. The largest absolute Gasteiger partial charge is 0.381 e. The molecule has 0 unspecified atom stereocenters. The molecule has 4 amide bonds. The highest BCUT2D eigenvalue weighted by Crippen LogP contribution is 2.36. The van der Waals surface area contributed by atoms with Crippen molar-refractivity contribution in [2.24, 2.45) is 17.1 Å². The van der Waals surface area contributed by atoms with Crippen LogP contribution in [0.4, 0.5) is 0 Å². The van der Waals surface area contributed by atoms with Gasteiger partial charge in [-0.3, -0.25) is 19.2 Å². The van der Waals surface area contributed by atoms with E-state index in [0.29, 0.717) is 77.8 Å². The lowest BCUT2D eigenvalue weighted by Gasteiger charge is -2.41. The molecule has 1 spiro atoms. The summed E-state index contributed by atoms with van der Waals surface area (Å²) in [7, 11) is 0. The number of allylic oxidation sites excluding steroid dienone is 2. The molecule has 2 fully saturated rings. The van der Waals surface area contributed by atoms with E-state index in [1.165, 1.54) is 6.92 Å². The van der Waals surface area contributed by atoms with Crippen molar-refractivity contribution in [2.75, 3.05) is 32.8 Å². The topological polar surface area (TPSA) is 143 Å². The second-order valence-electron chi connectivity index (χ2n) is 12.0. The number of fused-ring (bicyclic) bond motifs is 1. The van der Waals surface area contributed by atoms with Crippen LogP contribution in [0.2, 0.25) is 0 Å². The summed E-state index contributed by atoms with van der Waals surface area (Å²) < 4.78 is 5.59. The van der Waals surface area contributed by atoms with Crippen molar-refractivity contribution < 1.29 is 23.9 Å². The number of rotatable bonds is 8. The Morgan fingerprint density at radius 3 is 2.60 bits per heavy atom. The van der Waals surface area contributed by atoms with Crippen molar-refractivity contribution in [1.29, 1.82) is 0 Å². The number of nitrogens with two attached hydrogens (primary N) is 1. The molecule has 3 heterocycles. The highest BCUT2D eigenvalue weighted by molar-refractivity contribution is 5.91. The maximum Gasteiger partial charge on any atom is 0.245 e. The minimum atomic E-state index is -0.713. The van der Waals surface area contributed by atoms with Gasteiger partial charge in [-0.1, -0.05) is 42.5 Å². The van der Waals surface area contributed by atoms with Gasteiger partial charge in [-0.2, -0.15) is 0 Å². The van der Waals surface area contributed by atoms with E-state index in [9.17, 15) is 19.2 Å². The second-order valence-corrected chi connectivity index (χ2v) is 12.0. The zero-order chi connectivity index (χ0) is 30.0. The van der Waals surface area contributed by atoms with Gasteiger partial charge in [0, 0.05) is 51.6 Å². The van der Waals surface area contributed by atoms with Crippen molar-refractivity contribution in [3.63, 3.8) is 0 Å². The van der Waals surface area contributed by atoms with Crippen molar-refractivity contribution in [3.8, 4) is 0 Å². The van der Waals surface area contributed by atoms with Crippen LogP contribution in [0, 0.1) is 11.3 Å². The predicted octanol–water partition coefficient (Wildman–Crippen LogP) is 1.83. The van der Waals surface area contributed by atoms with Gasteiger partial charge in [0.25, 0.3) is 0 Å². The van der Waals surface area contributed by atoms with Crippen LogP contribution in [0.1, 0.15) is 63.9 Å². The van der Waals surface area contributed by atoms with E-state index in [2.05, 4.69) is 28.1 Å². The molecular formula is C32H47N5O5. The van der Waals surface area contributed by atoms with E-state index >= 15 is 0 Å². The molecular weight excluding hydrogens is 534 g/mol. The minimum Gasteiger partial charge on any atom is -0.381 e. The Morgan fingerprint density at radius 1 is 1.12 bits per heavy atom. The summed E-state index contributed by atoms with van der Waals surface area (Å²) in [5.41, 5.74) is 6.00. The monoisotopic (exact) mass is 581 g/mol. The summed E-state index contributed by atoms with van der Waals surface area (Å²) >= 11 is 0. The lowest BCUT2D eigenvalue weighted by atomic mass is 9.75. The molecule has 5 N–H and O–H groups in total. The number of nitrogens with zero attached hydrogens (tertiary/aromatic N) is 1. The van der Waals surface area contributed by atoms with Gasteiger partial charge in [-0.05, 0) is 63.5 Å². The standard InChI is InChI=1S/C32H47N5O5/c1-23(38)34-27(12-6-8-17-33)30(40)37-18-13-26-25(22-37)11-5-7-14-32(15-19-42-20-16-32)31(41)36-28(29(39)35-26)21-24-9-3-2-4-10-24/h2-5,7,9-10,25-28H,6,8,11-22,33H2,1H3,(H,34,38)(H,35,39)(H,36,41)/b7-5+/t25-,26+,27-,28-/m0/s1. The van der Waals surface area contributed by atoms with Gasteiger partial charge >= 0.3 is 0 Å². The number of likely N-dealkylation sites (tertiary alicyclic amines) is 1. The van der Waals surface area contributed by atoms with Gasteiger partial charge in [-0.25, -0.2) is 0 Å². The van der Waals surface area contributed by atoms with Crippen LogP contribution in [-0.2, 0) is 30.3 Å². The molecule has 0 radical (unpaired) electrons. The number of amides is 4. The van der Waals surface area contributed by atoms with Crippen molar-refractivity contribution >= 4 is 23.6 Å². The van der Waals surface area contributed by atoms with Crippen LogP contribution in [0.15, 0.2) is 42.5 Å². The third kappa shape index (κ3) is 8.41. The van der Waals surface area contributed by atoms with Crippen molar-refractivity contribution in [2.45, 2.75) is 82.8 Å². The Kier molecular flexibility index (Phi) is 11.5. The van der Waals surface area contributed by atoms with Gasteiger partial charge in [-0.15, -0.1) is 0 Å². The fraction of sp³-hybridized carbons (Fsp3) is 0.625. The van der Waals surface area contributed by atoms with Gasteiger partial charge in [0.05, 0.1) is 5.41 Å². The SMILES string of the molecule is CC(=O)N[C@@H](CCCCN)C(=O)N1CC[C@H]2NC(=O)[C@H](Cc3ccccc3)NC(=O)C3(C/C=C/C[C@H]2C1)CCOCC3. The third-order valence-electron chi connectivity index (χ3n) is 8.95. The number of unbranched alkanes of at least 4 members (excludes halogenated alkanes) is 1. The fourth-order valence-electron chi connectivity index (χ4n) is 6.40. The number of ether oxygens (including phenoxy) is 1. The molecule has 0 aliphatic carbocycles. The molecule has 3 aliphatic heterocycles. The zero-order valence-electron chi connectivity index (χ0n) is 24.8. The molecule has 0 bridgehead atoms. The number of carbonyl (C=O) groups is 4. The molecule has 0 aromatic heterocycles. The Bertz CT molecular complexity index is 1100.